The highest BCUT2D eigenvalue weighted by Crippen LogP contribution is 2.27. The molecule has 0 radical (unpaired) electrons. The van der Waals surface area contributed by atoms with Gasteiger partial charge in [-0.2, -0.15) is 0 Å². The highest BCUT2D eigenvalue weighted by atomic mass is 16.5. The minimum atomic E-state index is 0.315. The van der Waals surface area contributed by atoms with Crippen molar-refractivity contribution in [1.82, 2.24) is 14.9 Å². The van der Waals surface area contributed by atoms with Crippen LogP contribution >= 0.6 is 0 Å². The summed E-state index contributed by atoms with van der Waals surface area (Å²) in [5.74, 6) is 1.79. The third-order valence-corrected chi connectivity index (χ3v) is 4.89. The van der Waals surface area contributed by atoms with Crippen LogP contribution in [0.5, 0.6) is 0 Å². The van der Waals surface area contributed by atoms with Gasteiger partial charge in [-0.1, -0.05) is 26.7 Å². The van der Waals surface area contributed by atoms with Gasteiger partial charge >= 0.3 is 0 Å². The number of aromatic nitrogens is 2. The average Bonchev–Trinajstić information content (AvgIpc) is 2.95. The zero-order valence-corrected chi connectivity index (χ0v) is 13.1. The second-order valence-electron chi connectivity index (χ2n) is 6.13. The van der Waals surface area contributed by atoms with Gasteiger partial charge in [-0.3, -0.25) is 9.88 Å². The fraction of sp³-hybridized carbons (Fsp3) is 0.750. The molecule has 2 fully saturated rings. The van der Waals surface area contributed by atoms with Gasteiger partial charge in [-0.15, -0.1) is 0 Å². The van der Waals surface area contributed by atoms with E-state index in [4.69, 9.17) is 4.74 Å². The lowest BCUT2D eigenvalue weighted by Gasteiger charge is -2.37. The molecule has 0 aromatic carbocycles. The number of hydrogen-bond donors (Lipinski definition) is 0. The van der Waals surface area contributed by atoms with E-state index in [1.54, 1.807) is 12.4 Å². The second-order valence-corrected chi connectivity index (χ2v) is 6.13. The minimum Gasteiger partial charge on any atom is -0.373 e. The normalized spacial score (nSPS) is 26.3. The van der Waals surface area contributed by atoms with Crippen LogP contribution < -0.4 is 4.90 Å². The monoisotopic (exact) mass is 290 g/mol. The molecule has 0 unspecified atom stereocenters. The Kier molecular flexibility index (Phi) is 4.70. The molecule has 21 heavy (non-hydrogen) atoms. The smallest absolute Gasteiger partial charge is 0.147 e. The molecule has 0 N–H and O–H groups in total. The summed E-state index contributed by atoms with van der Waals surface area (Å²) in [5, 5.41) is 0. The number of fused-ring (bicyclic) bond motifs is 1. The van der Waals surface area contributed by atoms with E-state index in [-0.39, 0.29) is 0 Å². The number of morpholine rings is 1. The number of nitrogens with zero attached hydrogens (tertiary/aromatic N) is 4. The SMILES string of the molecule is CCC(CC)CN1C[C@@H]2OCCN(c3cnccn3)[C@@H]2C1. The largest absolute Gasteiger partial charge is 0.373 e. The van der Waals surface area contributed by atoms with Gasteiger partial charge in [0.25, 0.3) is 0 Å². The summed E-state index contributed by atoms with van der Waals surface area (Å²) in [6.45, 7) is 9.61. The highest BCUT2D eigenvalue weighted by Gasteiger charge is 2.40. The van der Waals surface area contributed by atoms with Crippen LogP contribution in [0.2, 0.25) is 0 Å². The molecule has 2 aliphatic heterocycles. The van der Waals surface area contributed by atoms with E-state index in [0.717, 1.165) is 38.0 Å². The van der Waals surface area contributed by atoms with Crippen LogP contribution in [0.15, 0.2) is 18.6 Å². The molecule has 0 saturated carbocycles. The summed E-state index contributed by atoms with van der Waals surface area (Å²) >= 11 is 0. The number of rotatable bonds is 5. The number of ether oxygens (including phenoxy) is 1. The molecule has 116 valence electrons. The summed E-state index contributed by atoms with van der Waals surface area (Å²) in [7, 11) is 0. The molecule has 5 heteroatoms. The van der Waals surface area contributed by atoms with Crippen molar-refractivity contribution < 1.29 is 4.74 Å². The minimum absolute atomic E-state index is 0.315. The zero-order chi connectivity index (χ0) is 14.7. The van der Waals surface area contributed by atoms with Crippen LogP contribution in [0.3, 0.4) is 0 Å². The van der Waals surface area contributed by atoms with Gasteiger partial charge in [0.2, 0.25) is 0 Å². The van der Waals surface area contributed by atoms with E-state index >= 15 is 0 Å². The van der Waals surface area contributed by atoms with Gasteiger partial charge in [-0.05, 0) is 5.92 Å². The molecule has 0 bridgehead atoms. The molecule has 3 rings (SSSR count). The Bertz CT molecular complexity index is 437. The maximum atomic E-state index is 6.00. The molecule has 0 spiro atoms. The fourth-order valence-corrected chi connectivity index (χ4v) is 3.55. The Morgan fingerprint density at radius 1 is 1.29 bits per heavy atom. The highest BCUT2D eigenvalue weighted by molar-refractivity contribution is 5.38. The molecular weight excluding hydrogens is 264 g/mol. The van der Waals surface area contributed by atoms with Gasteiger partial charge in [0.05, 0.1) is 24.9 Å². The number of anilines is 1. The first-order valence-electron chi connectivity index (χ1n) is 8.18. The van der Waals surface area contributed by atoms with Crippen LogP contribution in [0.1, 0.15) is 26.7 Å². The Hall–Kier alpha value is -1.20. The summed E-state index contributed by atoms with van der Waals surface area (Å²) in [5.41, 5.74) is 0. The van der Waals surface area contributed by atoms with Gasteiger partial charge in [0.15, 0.2) is 0 Å². The Morgan fingerprint density at radius 2 is 2.14 bits per heavy atom. The van der Waals surface area contributed by atoms with Crippen molar-refractivity contribution in [3.63, 3.8) is 0 Å². The Labute approximate surface area is 127 Å². The second kappa shape index (κ2) is 6.71. The summed E-state index contributed by atoms with van der Waals surface area (Å²) in [4.78, 5) is 13.6. The number of hydrogen-bond acceptors (Lipinski definition) is 5. The third kappa shape index (κ3) is 3.19. The van der Waals surface area contributed by atoms with Crippen LogP contribution in [-0.4, -0.2) is 59.8 Å². The first kappa shape index (κ1) is 14.7. The Morgan fingerprint density at radius 3 is 2.86 bits per heavy atom. The van der Waals surface area contributed by atoms with Crippen LogP contribution in [0, 0.1) is 5.92 Å². The van der Waals surface area contributed by atoms with Crippen molar-refractivity contribution in [2.75, 3.05) is 37.7 Å². The number of likely N-dealkylation sites (tertiary alicyclic amines) is 1. The van der Waals surface area contributed by atoms with Crippen molar-refractivity contribution in [3.05, 3.63) is 18.6 Å². The van der Waals surface area contributed by atoms with Gasteiger partial charge in [0, 0.05) is 38.6 Å². The third-order valence-electron chi connectivity index (χ3n) is 4.89. The topological polar surface area (TPSA) is 41.5 Å². The van der Waals surface area contributed by atoms with Crippen LogP contribution in [0.25, 0.3) is 0 Å². The molecule has 3 heterocycles. The molecule has 0 aliphatic carbocycles. The lowest BCUT2D eigenvalue weighted by molar-refractivity contribution is 0.0300. The molecule has 1 aromatic rings. The average molecular weight is 290 g/mol. The van der Waals surface area contributed by atoms with E-state index in [9.17, 15) is 0 Å². The predicted octanol–water partition coefficient (Wildman–Crippen LogP) is 1.80. The van der Waals surface area contributed by atoms with Crippen molar-refractivity contribution >= 4 is 5.82 Å². The molecule has 2 saturated heterocycles. The first-order chi connectivity index (χ1) is 10.3. The maximum absolute atomic E-state index is 6.00. The molecule has 2 atom stereocenters. The standard InChI is InChI=1S/C16H26N4O/c1-3-13(4-2)10-19-11-14-15(12-19)21-8-7-20(14)16-9-17-5-6-18-16/h5-6,9,13-15H,3-4,7-8,10-12H2,1-2H3/t14-,15+/m1/s1. The van der Waals surface area contributed by atoms with Crippen molar-refractivity contribution in [2.45, 2.75) is 38.8 Å². The Balaban J connectivity index is 1.68. The quantitative estimate of drug-likeness (QED) is 0.827. The molecular formula is C16H26N4O. The summed E-state index contributed by atoms with van der Waals surface area (Å²) in [6, 6.07) is 0.421. The van der Waals surface area contributed by atoms with E-state index in [0.29, 0.717) is 12.1 Å². The van der Waals surface area contributed by atoms with E-state index in [1.165, 1.54) is 19.4 Å². The summed E-state index contributed by atoms with van der Waals surface area (Å²) < 4.78 is 6.00. The molecule has 5 nitrogen and oxygen atoms in total. The lowest BCUT2D eigenvalue weighted by Crippen LogP contribution is -2.51. The molecule has 0 amide bonds. The molecule has 1 aromatic heterocycles. The van der Waals surface area contributed by atoms with Crippen molar-refractivity contribution in [2.24, 2.45) is 5.92 Å². The van der Waals surface area contributed by atoms with Crippen LogP contribution in [0.4, 0.5) is 5.82 Å². The van der Waals surface area contributed by atoms with E-state index < -0.39 is 0 Å². The van der Waals surface area contributed by atoms with Crippen molar-refractivity contribution in [1.29, 1.82) is 0 Å². The lowest BCUT2D eigenvalue weighted by atomic mass is 10.0. The predicted molar refractivity (Wildman–Crippen MR) is 83.4 cm³/mol. The summed E-state index contributed by atoms with van der Waals surface area (Å²) in [6.07, 6.45) is 8.21. The zero-order valence-electron chi connectivity index (χ0n) is 13.1. The maximum Gasteiger partial charge on any atom is 0.147 e. The van der Waals surface area contributed by atoms with Gasteiger partial charge < -0.3 is 9.64 Å². The van der Waals surface area contributed by atoms with Crippen LogP contribution in [-0.2, 0) is 4.74 Å². The van der Waals surface area contributed by atoms with E-state index in [2.05, 4.69) is 33.6 Å². The first-order valence-corrected chi connectivity index (χ1v) is 8.18. The molecule has 2 aliphatic rings. The van der Waals surface area contributed by atoms with Gasteiger partial charge in [0.1, 0.15) is 5.82 Å². The van der Waals surface area contributed by atoms with E-state index in [1.807, 2.05) is 6.20 Å². The fourth-order valence-electron chi connectivity index (χ4n) is 3.55. The van der Waals surface area contributed by atoms with Crippen molar-refractivity contribution in [3.8, 4) is 0 Å². The van der Waals surface area contributed by atoms with Gasteiger partial charge in [-0.25, -0.2) is 4.98 Å².